The Morgan fingerprint density at radius 2 is 1.97 bits per heavy atom. The number of nitrogens with one attached hydrogen (secondary N) is 1. The molecule has 1 amide bonds. The van der Waals surface area contributed by atoms with Crippen LogP contribution in [0.15, 0.2) is 60.9 Å². The molecule has 0 radical (unpaired) electrons. The van der Waals surface area contributed by atoms with Crippen molar-refractivity contribution in [2.24, 2.45) is 5.73 Å². The molecule has 3 N–H and O–H groups in total. The molecule has 4 heterocycles. The summed E-state index contributed by atoms with van der Waals surface area (Å²) < 4.78 is 48.9. The van der Waals surface area contributed by atoms with Crippen LogP contribution in [0.5, 0.6) is 5.88 Å². The van der Waals surface area contributed by atoms with Crippen molar-refractivity contribution in [2.75, 3.05) is 32.1 Å². The average molecular weight is 524 g/mol. The molecule has 0 saturated heterocycles. The number of aromatic nitrogens is 4. The Kier molecular flexibility index (Phi) is 6.72. The fraction of sp³-hybridized carbons (Fsp3) is 0.231. The molecule has 1 aliphatic rings. The van der Waals surface area contributed by atoms with Crippen LogP contribution in [0.3, 0.4) is 0 Å². The molecule has 1 aromatic carbocycles. The molecular formula is C26H24F3N7O2. The van der Waals surface area contributed by atoms with E-state index in [0.717, 1.165) is 17.3 Å². The molecule has 9 nitrogen and oxygen atoms in total. The third kappa shape index (κ3) is 5.30. The Balaban J connectivity index is 1.43. The Bertz CT molecular complexity index is 1510. The number of amides is 1. The predicted octanol–water partition coefficient (Wildman–Crippen LogP) is 4.14. The summed E-state index contributed by atoms with van der Waals surface area (Å²) in [6.45, 7) is 0.871. The van der Waals surface area contributed by atoms with E-state index in [9.17, 15) is 18.0 Å². The lowest BCUT2D eigenvalue weighted by molar-refractivity contribution is -0.137. The van der Waals surface area contributed by atoms with Crippen LogP contribution in [0.4, 0.5) is 24.8 Å². The van der Waals surface area contributed by atoms with Gasteiger partial charge in [-0.15, -0.1) is 5.10 Å². The quantitative estimate of drug-likeness (QED) is 0.375. The monoisotopic (exact) mass is 523 g/mol. The first-order chi connectivity index (χ1) is 18.2. The van der Waals surface area contributed by atoms with Gasteiger partial charge >= 0.3 is 6.18 Å². The zero-order valence-electron chi connectivity index (χ0n) is 20.4. The minimum Gasteiger partial charge on any atom is -0.481 e. The van der Waals surface area contributed by atoms with Gasteiger partial charge in [-0.1, -0.05) is 12.1 Å². The molecule has 0 fully saturated rings. The first-order valence-electron chi connectivity index (χ1n) is 11.7. The molecule has 12 heteroatoms. The van der Waals surface area contributed by atoms with Crippen LogP contribution in [0, 0.1) is 0 Å². The molecular weight excluding hydrogens is 499 g/mol. The number of nitrogens with two attached hydrogens (primary N) is 1. The lowest BCUT2D eigenvalue weighted by Crippen LogP contribution is -2.36. The second-order valence-electron chi connectivity index (χ2n) is 8.79. The molecule has 38 heavy (non-hydrogen) atoms. The van der Waals surface area contributed by atoms with Gasteiger partial charge in [-0.05, 0) is 47.9 Å². The molecule has 0 atom stereocenters. The van der Waals surface area contributed by atoms with E-state index in [-0.39, 0.29) is 23.7 Å². The minimum atomic E-state index is -4.57. The maximum absolute atomic E-state index is 14.1. The zero-order valence-corrected chi connectivity index (χ0v) is 20.4. The van der Waals surface area contributed by atoms with Gasteiger partial charge in [0.05, 0.1) is 36.6 Å². The summed E-state index contributed by atoms with van der Waals surface area (Å²) in [5, 5.41) is 7.38. The summed E-state index contributed by atoms with van der Waals surface area (Å²) in [4.78, 5) is 21.4. The number of nitrogens with zero attached hydrogens (tertiary/aromatic N) is 5. The molecule has 0 bridgehead atoms. The molecule has 196 valence electrons. The number of primary amides is 1. The van der Waals surface area contributed by atoms with Crippen LogP contribution in [0.1, 0.15) is 17.5 Å². The highest BCUT2D eigenvalue weighted by Crippen LogP contribution is 2.38. The van der Waals surface area contributed by atoms with E-state index in [4.69, 9.17) is 10.5 Å². The lowest BCUT2D eigenvalue weighted by Gasteiger charge is -2.26. The van der Waals surface area contributed by atoms with Crippen molar-refractivity contribution in [3.8, 4) is 17.1 Å². The number of carbonyl (C=O) groups is 1. The van der Waals surface area contributed by atoms with Gasteiger partial charge in [-0.3, -0.25) is 9.69 Å². The highest BCUT2D eigenvalue weighted by Gasteiger charge is 2.35. The smallest absolute Gasteiger partial charge is 0.417 e. The Labute approximate surface area is 215 Å². The van der Waals surface area contributed by atoms with Crippen molar-refractivity contribution < 1.29 is 22.7 Å². The van der Waals surface area contributed by atoms with E-state index < -0.39 is 17.6 Å². The van der Waals surface area contributed by atoms with Gasteiger partial charge in [0.2, 0.25) is 17.7 Å². The minimum absolute atomic E-state index is 0.0706. The fourth-order valence-corrected chi connectivity index (χ4v) is 4.42. The van der Waals surface area contributed by atoms with Crippen molar-refractivity contribution in [2.45, 2.75) is 12.6 Å². The number of ether oxygens (including phenoxy) is 1. The molecule has 0 saturated carbocycles. The number of methoxy groups -OCH3 is 1. The SMILES string of the molecule is COc1ccc(-c2ccc3cnc(Nc4ccc(C5=CCN(CC(N)=O)CC5)c(C(F)(F)F)c4)nn23)cn1. The Hall–Kier alpha value is -4.45. The van der Waals surface area contributed by atoms with Crippen molar-refractivity contribution >= 4 is 28.6 Å². The number of halogens is 3. The van der Waals surface area contributed by atoms with Gasteiger partial charge in [0.1, 0.15) is 0 Å². The van der Waals surface area contributed by atoms with Crippen molar-refractivity contribution in [1.82, 2.24) is 24.5 Å². The van der Waals surface area contributed by atoms with Crippen LogP contribution < -0.4 is 15.8 Å². The number of fused-ring (bicyclic) bond motifs is 1. The third-order valence-electron chi connectivity index (χ3n) is 6.24. The number of rotatable bonds is 7. The molecule has 3 aromatic heterocycles. The zero-order chi connectivity index (χ0) is 26.9. The first-order valence-corrected chi connectivity index (χ1v) is 11.7. The normalized spacial score (nSPS) is 14.4. The third-order valence-corrected chi connectivity index (χ3v) is 6.24. The number of hydrogen-bond donors (Lipinski definition) is 2. The maximum Gasteiger partial charge on any atom is 0.417 e. The summed E-state index contributed by atoms with van der Waals surface area (Å²) in [7, 11) is 1.53. The van der Waals surface area contributed by atoms with Crippen LogP contribution in [-0.4, -0.2) is 57.1 Å². The molecule has 0 spiro atoms. The molecule has 5 rings (SSSR count). The number of anilines is 2. The van der Waals surface area contributed by atoms with E-state index >= 15 is 0 Å². The topological polar surface area (TPSA) is 111 Å². The van der Waals surface area contributed by atoms with Crippen LogP contribution >= 0.6 is 0 Å². The first kappa shape index (κ1) is 25.2. The van der Waals surface area contributed by atoms with Crippen LogP contribution in [-0.2, 0) is 11.0 Å². The number of benzene rings is 1. The lowest BCUT2D eigenvalue weighted by atomic mass is 9.94. The van der Waals surface area contributed by atoms with Crippen molar-refractivity contribution in [3.63, 3.8) is 0 Å². The predicted molar refractivity (Wildman–Crippen MR) is 136 cm³/mol. The maximum atomic E-state index is 14.1. The summed E-state index contributed by atoms with van der Waals surface area (Å²) in [6.07, 6.45) is 0.747. The van der Waals surface area contributed by atoms with Gasteiger partial charge in [-0.2, -0.15) is 13.2 Å². The molecule has 4 aromatic rings. The van der Waals surface area contributed by atoms with E-state index in [1.807, 2.05) is 18.2 Å². The van der Waals surface area contributed by atoms with E-state index in [2.05, 4.69) is 20.4 Å². The number of hydrogen-bond acceptors (Lipinski definition) is 7. The highest BCUT2D eigenvalue weighted by molar-refractivity contribution is 5.77. The van der Waals surface area contributed by atoms with Crippen LogP contribution in [0.25, 0.3) is 22.3 Å². The Morgan fingerprint density at radius 1 is 1.13 bits per heavy atom. The largest absolute Gasteiger partial charge is 0.481 e. The fourth-order valence-electron chi connectivity index (χ4n) is 4.42. The average Bonchev–Trinajstić information content (AvgIpc) is 3.32. The number of alkyl halides is 3. The van der Waals surface area contributed by atoms with Gasteiger partial charge in [0.25, 0.3) is 0 Å². The van der Waals surface area contributed by atoms with Crippen molar-refractivity contribution in [3.05, 3.63) is 72.1 Å². The summed E-state index contributed by atoms with van der Waals surface area (Å²) in [6, 6.07) is 11.3. The van der Waals surface area contributed by atoms with Gasteiger partial charge in [-0.25, -0.2) is 14.5 Å². The Morgan fingerprint density at radius 3 is 2.63 bits per heavy atom. The van der Waals surface area contributed by atoms with Gasteiger partial charge in [0, 0.05) is 36.6 Å². The molecule has 0 aliphatic carbocycles. The van der Waals surface area contributed by atoms with E-state index in [1.165, 1.54) is 13.2 Å². The highest BCUT2D eigenvalue weighted by atomic mass is 19.4. The number of carbonyl (C=O) groups excluding carboxylic acids is 1. The molecule has 0 unspecified atom stereocenters. The molecule has 1 aliphatic heterocycles. The summed E-state index contributed by atoms with van der Waals surface area (Å²) in [5.74, 6) is 0.139. The van der Waals surface area contributed by atoms with E-state index in [0.29, 0.717) is 36.5 Å². The van der Waals surface area contributed by atoms with Gasteiger partial charge < -0.3 is 15.8 Å². The second-order valence-corrected chi connectivity index (χ2v) is 8.79. The standard InChI is InChI=1S/C26H24F3N7O2/c1-38-24-7-2-17(13-31-24)22-6-4-19-14-32-25(34-36(19)22)33-18-3-5-20(21(12-18)26(27,28)29)16-8-10-35(11-9-16)15-23(30)37/h2-8,12-14H,9-11,15H2,1H3,(H2,30,37)(H,33,34). The van der Waals surface area contributed by atoms with E-state index in [1.54, 1.807) is 40.0 Å². The van der Waals surface area contributed by atoms with Crippen LogP contribution in [0.2, 0.25) is 0 Å². The summed E-state index contributed by atoms with van der Waals surface area (Å²) in [5.41, 5.74) is 7.59. The number of pyridine rings is 1. The summed E-state index contributed by atoms with van der Waals surface area (Å²) >= 11 is 0. The second kappa shape index (κ2) is 10.1. The van der Waals surface area contributed by atoms with Gasteiger partial charge in [0.15, 0.2) is 0 Å². The van der Waals surface area contributed by atoms with Crippen molar-refractivity contribution in [1.29, 1.82) is 0 Å².